The van der Waals surface area contributed by atoms with Crippen molar-refractivity contribution in [3.05, 3.63) is 35.9 Å². The highest BCUT2D eigenvalue weighted by atomic mass is 16.5. The van der Waals surface area contributed by atoms with Crippen molar-refractivity contribution in [2.75, 3.05) is 19.7 Å². The fourth-order valence-corrected chi connectivity index (χ4v) is 1.92. The fourth-order valence-electron chi connectivity index (χ4n) is 1.92. The third kappa shape index (κ3) is 2.52. The average molecular weight is 220 g/mol. The van der Waals surface area contributed by atoms with Crippen LogP contribution in [0.1, 0.15) is 18.1 Å². The lowest BCUT2D eigenvalue weighted by atomic mass is 10.1. The van der Waals surface area contributed by atoms with Crippen LogP contribution in [-0.4, -0.2) is 30.6 Å². The number of urea groups is 1. The van der Waals surface area contributed by atoms with Gasteiger partial charge in [-0.2, -0.15) is 0 Å². The Bertz CT molecular complexity index is 353. The maximum Gasteiger partial charge on any atom is 0.314 e. The molecule has 0 bridgehead atoms. The van der Waals surface area contributed by atoms with E-state index in [-0.39, 0.29) is 12.1 Å². The molecule has 4 heteroatoms. The first kappa shape index (κ1) is 11.0. The number of carbonyl (C=O) groups is 1. The molecule has 1 aromatic carbocycles. The summed E-state index contributed by atoms with van der Waals surface area (Å²) in [5, 5.41) is 0. The Morgan fingerprint density at radius 3 is 2.75 bits per heavy atom. The largest absolute Gasteiger partial charge is 0.372 e. The van der Waals surface area contributed by atoms with Crippen LogP contribution in [0, 0.1) is 0 Å². The molecule has 1 aliphatic rings. The standard InChI is InChI=1S/C12H16N2O2/c13-12(15)14-7-6-11(16-9-8-14)10-4-2-1-3-5-10/h1-5,11H,6-9H2,(H2,13,15). The van der Waals surface area contributed by atoms with Gasteiger partial charge in [0.15, 0.2) is 0 Å². The molecule has 1 atom stereocenters. The van der Waals surface area contributed by atoms with Crippen LogP contribution in [0.2, 0.25) is 0 Å². The molecule has 16 heavy (non-hydrogen) atoms. The van der Waals surface area contributed by atoms with Crippen molar-refractivity contribution in [3.8, 4) is 0 Å². The minimum Gasteiger partial charge on any atom is -0.372 e. The zero-order chi connectivity index (χ0) is 11.4. The van der Waals surface area contributed by atoms with E-state index in [9.17, 15) is 4.79 Å². The van der Waals surface area contributed by atoms with Crippen LogP contribution >= 0.6 is 0 Å². The molecular formula is C12H16N2O2. The second kappa shape index (κ2) is 4.99. The lowest BCUT2D eigenvalue weighted by Crippen LogP contribution is -2.37. The zero-order valence-corrected chi connectivity index (χ0v) is 9.13. The lowest BCUT2D eigenvalue weighted by Gasteiger charge is -2.16. The molecule has 1 fully saturated rings. The minimum atomic E-state index is -0.364. The Labute approximate surface area is 95.0 Å². The molecule has 1 aromatic rings. The van der Waals surface area contributed by atoms with Gasteiger partial charge in [-0.25, -0.2) is 4.79 Å². The molecule has 0 aliphatic carbocycles. The van der Waals surface area contributed by atoms with Gasteiger partial charge in [0.05, 0.1) is 12.7 Å². The molecule has 1 aliphatic heterocycles. The van der Waals surface area contributed by atoms with Crippen LogP contribution in [0.15, 0.2) is 30.3 Å². The average Bonchev–Trinajstić information content (AvgIpc) is 2.55. The summed E-state index contributed by atoms with van der Waals surface area (Å²) >= 11 is 0. The summed E-state index contributed by atoms with van der Waals surface area (Å²) in [4.78, 5) is 12.7. The van der Waals surface area contributed by atoms with Crippen molar-refractivity contribution in [3.63, 3.8) is 0 Å². The van der Waals surface area contributed by atoms with E-state index >= 15 is 0 Å². The number of primary amides is 1. The number of rotatable bonds is 1. The van der Waals surface area contributed by atoms with Crippen molar-refractivity contribution >= 4 is 6.03 Å². The second-order valence-corrected chi connectivity index (χ2v) is 3.88. The van der Waals surface area contributed by atoms with Crippen LogP contribution in [-0.2, 0) is 4.74 Å². The van der Waals surface area contributed by atoms with Crippen LogP contribution in [0.3, 0.4) is 0 Å². The zero-order valence-electron chi connectivity index (χ0n) is 9.13. The van der Waals surface area contributed by atoms with Crippen LogP contribution in [0.25, 0.3) is 0 Å². The van der Waals surface area contributed by atoms with Gasteiger partial charge in [0, 0.05) is 13.1 Å². The number of carbonyl (C=O) groups excluding carboxylic acids is 1. The third-order valence-electron chi connectivity index (χ3n) is 2.82. The van der Waals surface area contributed by atoms with Gasteiger partial charge in [0.2, 0.25) is 0 Å². The number of benzene rings is 1. The molecule has 2 rings (SSSR count). The molecule has 1 heterocycles. The van der Waals surface area contributed by atoms with Gasteiger partial charge >= 0.3 is 6.03 Å². The van der Waals surface area contributed by atoms with Crippen molar-refractivity contribution in [1.82, 2.24) is 4.90 Å². The lowest BCUT2D eigenvalue weighted by molar-refractivity contribution is 0.0626. The number of amides is 2. The molecule has 2 N–H and O–H groups in total. The van der Waals surface area contributed by atoms with E-state index in [0.29, 0.717) is 19.7 Å². The monoisotopic (exact) mass is 220 g/mol. The number of hydrogen-bond acceptors (Lipinski definition) is 2. The van der Waals surface area contributed by atoms with E-state index in [1.807, 2.05) is 30.3 Å². The molecule has 0 radical (unpaired) electrons. The highest BCUT2D eigenvalue weighted by molar-refractivity contribution is 5.71. The van der Waals surface area contributed by atoms with E-state index in [1.165, 1.54) is 0 Å². The Hall–Kier alpha value is -1.55. The molecule has 2 amide bonds. The first-order chi connectivity index (χ1) is 7.77. The Balaban J connectivity index is 2.02. The van der Waals surface area contributed by atoms with E-state index in [2.05, 4.69) is 0 Å². The number of ether oxygens (including phenoxy) is 1. The SMILES string of the molecule is NC(=O)N1CCOC(c2ccccc2)CC1. The Morgan fingerprint density at radius 1 is 1.31 bits per heavy atom. The van der Waals surface area contributed by atoms with Gasteiger partial charge in [-0.15, -0.1) is 0 Å². The van der Waals surface area contributed by atoms with Crippen LogP contribution in [0.4, 0.5) is 4.79 Å². The number of hydrogen-bond donors (Lipinski definition) is 1. The van der Waals surface area contributed by atoms with Gasteiger partial charge in [0.1, 0.15) is 0 Å². The minimum absolute atomic E-state index is 0.0746. The first-order valence-corrected chi connectivity index (χ1v) is 5.48. The van der Waals surface area contributed by atoms with Crippen molar-refractivity contribution in [2.24, 2.45) is 5.73 Å². The molecular weight excluding hydrogens is 204 g/mol. The highest BCUT2D eigenvalue weighted by Crippen LogP contribution is 2.23. The van der Waals surface area contributed by atoms with E-state index in [0.717, 1.165) is 12.0 Å². The number of nitrogens with two attached hydrogens (primary N) is 1. The van der Waals surface area contributed by atoms with Crippen LogP contribution < -0.4 is 5.73 Å². The third-order valence-corrected chi connectivity index (χ3v) is 2.82. The maximum atomic E-state index is 11.0. The smallest absolute Gasteiger partial charge is 0.314 e. The van der Waals surface area contributed by atoms with E-state index in [4.69, 9.17) is 10.5 Å². The van der Waals surface area contributed by atoms with Gasteiger partial charge in [0.25, 0.3) is 0 Å². The van der Waals surface area contributed by atoms with Crippen molar-refractivity contribution < 1.29 is 9.53 Å². The maximum absolute atomic E-state index is 11.0. The summed E-state index contributed by atoms with van der Waals surface area (Å²) in [5.41, 5.74) is 6.41. The Morgan fingerprint density at radius 2 is 2.06 bits per heavy atom. The van der Waals surface area contributed by atoms with E-state index in [1.54, 1.807) is 4.90 Å². The molecule has 1 saturated heterocycles. The normalized spacial score (nSPS) is 21.5. The van der Waals surface area contributed by atoms with Crippen molar-refractivity contribution in [1.29, 1.82) is 0 Å². The predicted molar refractivity (Wildman–Crippen MR) is 60.9 cm³/mol. The van der Waals surface area contributed by atoms with E-state index < -0.39 is 0 Å². The molecule has 0 aromatic heterocycles. The topological polar surface area (TPSA) is 55.6 Å². The number of nitrogens with zero attached hydrogens (tertiary/aromatic N) is 1. The van der Waals surface area contributed by atoms with Crippen LogP contribution in [0.5, 0.6) is 0 Å². The summed E-state index contributed by atoms with van der Waals surface area (Å²) in [6.45, 7) is 1.79. The molecule has 4 nitrogen and oxygen atoms in total. The second-order valence-electron chi connectivity index (χ2n) is 3.88. The summed E-state index contributed by atoms with van der Waals surface area (Å²) in [6.07, 6.45) is 0.873. The Kier molecular flexibility index (Phi) is 3.41. The van der Waals surface area contributed by atoms with Gasteiger partial charge < -0.3 is 15.4 Å². The summed E-state index contributed by atoms with van der Waals surface area (Å²) in [5.74, 6) is 0. The van der Waals surface area contributed by atoms with Gasteiger partial charge in [-0.05, 0) is 12.0 Å². The summed E-state index contributed by atoms with van der Waals surface area (Å²) in [6, 6.07) is 9.70. The molecule has 0 saturated carbocycles. The predicted octanol–water partition coefficient (Wildman–Crippen LogP) is 1.53. The van der Waals surface area contributed by atoms with Gasteiger partial charge in [-0.3, -0.25) is 0 Å². The molecule has 0 spiro atoms. The van der Waals surface area contributed by atoms with Gasteiger partial charge in [-0.1, -0.05) is 30.3 Å². The summed E-state index contributed by atoms with van der Waals surface area (Å²) < 4.78 is 5.72. The molecule has 86 valence electrons. The first-order valence-electron chi connectivity index (χ1n) is 5.48. The van der Waals surface area contributed by atoms with Crippen molar-refractivity contribution in [2.45, 2.75) is 12.5 Å². The highest BCUT2D eigenvalue weighted by Gasteiger charge is 2.20. The fraction of sp³-hybridized carbons (Fsp3) is 0.417. The molecule has 1 unspecified atom stereocenters. The quantitative estimate of drug-likeness (QED) is 0.780. The summed E-state index contributed by atoms with van der Waals surface area (Å²) in [7, 11) is 0.